The molecule has 0 radical (unpaired) electrons. The number of nitrogens with one attached hydrogen (secondary N) is 1. The highest BCUT2D eigenvalue weighted by molar-refractivity contribution is 5.38. The van der Waals surface area contributed by atoms with Gasteiger partial charge in [-0.2, -0.15) is 5.10 Å². The fourth-order valence-electron chi connectivity index (χ4n) is 2.62. The van der Waals surface area contributed by atoms with E-state index >= 15 is 0 Å². The maximum absolute atomic E-state index is 4.40. The van der Waals surface area contributed by atoms with Crippen LogP contribution >= 0.6 is 0 Å². The number of hydrogen-bond acceptors (Lipinski definition) is 4. The monoisotopic (exact) mass is 260 g/mol. The van der Waals surface area contributed by atoms with Gasteiger partial charge in [0.1, 0.15) is 0 Å². The highest BCUT2D eigenvalue weighted by Crippen LogP contribution is 2.25. The molecule has 2 aliphatic rings. The number of aromatic nitrogens is 2. The van der Waals surface area contributed by atoms with Gasteiger partial charge in [-0.1, -0.05) is 13.8 Å². The molecule has 1 aromatic heterocycles. The van der Waals surface area contributed by atoms with Crippen molar-refractivity contribution in [3.63, 3.8) is 0 Å². The van der Waals surface area contributed by atoms with E-state index in [1.165, 1.54) is 19.3 Å². The number of rotatable bonds is 4. The van der Waals surface area contributed by atoms with Gasteiger partial charge < -0.3 is 10.2 Å². The predicted octanol–water partition coefficient (Wildman–Crippen LogP) is 2.21. The zero-order valence-corrected chi connectivity index (χ0v) is 12.0. The summed E-state index contributed by atoms with van der Waals surface area (Å²) in [7, 11) is 0. The Labute approximate surface area is 115 Å². The Bertz CT molecular complexity index is 413. The molecule has 4 nitrogen and oxygen atoms in total. The first-order valence-corrected chi connectivity index (χ1v) is 7.53. The highest BCUT2D eigenvalue weighted by atomic mass is 15.3. The lowest BCUT2D eigenvalue weighted by Gasteiger charge is -2.35. The molecule has 2 unspecified atom stereocenters. The van der Waals surface area contributed by atoms with Crippen LogP contribution < -0.4 is 10.2 Å². The lowest BCUT2D eigenvalue weighted by atomic mass is 9.89. The smallest absolute Gasteiger partial charge is 0.151 e. The van der Waals surface area contributed by atoms with Crippen molar-refractivity contribution in [2.75, 3.05) is 18.0 Å². The molecule has 1 aromatic rings. The lowest BCUT2D eigenvalue weighted by Crippen LogP contribution is -2.39. The molecule has 19 heavy (non-hydrogen) atoms. The SMILES string of the molecule is CC1CCN(c2ccc(CNC3CC3)nn2)CC1C. The molecular formula is C15H24N4. The van der Waals surface area contributed by atoms with Gasteiger partial charge in [-0.15, -0.1) is 5.10 Å². The summed E-state index contributed by atoms with van der Waals surface area (Å²) in [5.74, 6) is 2.60. The number of piperidine rings is 1. The van der Waals surface area contributed by atoms with Crippen LogP contribution in [0.2, 0.25) is 0 Å². The Morgan fingerprint density at radius 2 is 2.00 bits per heavy atom. The van der Waals surface area contributed by atoms with Crippen molar-refractivity contribution in [3.05, 3.63) is 17.8 Å². The van der Waals surface area contributed by atoms with Crippen molar-refractivity contribution < 1.29 is 0 Å². The van der Waals surface area contributed by atoms with Gasteiger partial charge >= 0.3 is 0 Å². The molecule has 2 heterocycles. The van der Waals surface area contributed by atoms with Gasteiger partial charge in [0.15, 0.2) is 5.82 Å². The van der Waals surface area contributed by atoms with Crippen molar-refractivity contribution in [2.24, 2.45) is 11.8 Å². The van der Waals surface area contributed by atoms with E-state index in [4.69, 9.17) is 0 Å². The number of hydrogen-bond donors (Lipinski definition) is 1. The summed E-state index contributed by atoms with van der Waals surface area (Å²) in [6.45, 7) is 7.75. The molecule has 0 bridgehead atoms. The van der Waals surface area contributed by atoms with Crippen molar-refractivity contribution in [3.8, 4) is 0 Å². The van der Waals surface area contributed by atoms with E-state index in [2.05, 4.69) is 46.4 Å². The fourth-order valence-corrected chi connectivity index (χ4v) is 2.62. The summed E-state index contributed by atoms with van der Waals surface area (Å²) in [5, 5.41) is 12.2. The van der Waals surface area contributed by atoms with Crippen LogP contribution in [0.25, 0.3) is 0 Å². The standard InChI is InChI=1S/C15H24N4/c1-11-7-8-19(10-12(11)2)15-6-5-14(17-18-15)9-16-13-3-4-13/h5-6,11-13,16H,3-4,7-10H2,1-2H3. The van der Waals surface area contributed by atoms with Crippen LogP contribution in [0.1, 0.15) is 38.8 Å². The molecule has 1 aliphatic heterocycles. The van der Waals surface area contributed by atoms with Crippen molar-refractivity contribution in [1.29, 1.82) is 0 Å². The van der Waals surface area contributed by atoms with Gasteiger partial charge in [0, 0.05) is 25.7 Å². The molecule has 3 rings (SSSR count). The van der Waals surface area contributed by atoms with Crippen LogP contribution in [0.5, 0.6) is 0 Å². The average Bonchev–Trinajstić information content (AvgIpc) is 3.24. The maximum Gasteiger partial charge on any atom is 0.151 e. The van der Waals surface area contributed by atoms with Gasteiger partial charge in [-0.3, -0.25) is 0 Å². The average molecular weight is 260 g/mol. The summed E-state index contributed by atoms with van der Waals surface area (Å²) in [6.07, 6.45) is 3.89. The third kappa shape index (κ3) is 3.24. The van der Waals surface area contributed by atoms with E-state index in [9.17, 15) is 0 Å². The largest absolute Gasteiger partial charge is 0.355 e. The molecule has 1 aliphatic carbocycles. The van der Waals surface area contributed by atoms with E-state index in [1.807, 2.05) is 0 Å². The maximum atomic E-state index is 4.40. The minimum atomic E-state index is 0.728. The minimum Gasteiger partial charge on any atom is -0.355 e. The molecular weight excluding hydrogens is 236 g/mol. The zero-order chi connectivity index (χ0) is 13.2. The molecule has 0 spiro atoms. The molecule has 0 amide bonds. The second-order valence-corrected chi connectivity index (χ2v) is 6.23. The first-order valence-electron chi connectivity index (χ1n) is 7.53. The van der Waals surface area contributed by atoms with Crippen LogP contribution in [-0.2, 0) is 6.54 Å². The number of anilines is 1. The van der Waals surface area contributed by atoms with E-state index in [1.54, 1.807) is 0 Å². The first-order chi connectivity index (χ1) is 9.22. The van der Waals surface area contributed by atoms with E-state index < -0.39 is 0 Å². The van der Waals surface area contributed by atoms with E-state index in [-0.39, 0.29) is 0 Å². The molecule has 4 heteroatoms. The van der Waals surface area contributed by atoms with Crippen molar-refractivity contribution in [2.45, 2.75) is 45.7 Å². The first kappa shape index (κ1) is 12.9. The molecule has 1 N–H and O–H groups in total. The highest BCUT2D eigenvalue weighted by Gasteiger charge is 2.24. The second kappa shape index (κ2) is 5.45. The van der Waals surface area contributed by atoms with Gasteiger partial charge in [-0.25, -0.2) is 0 Å². The third-order valence-corrected chi connectivity index (χ3v) is 4.51. The minimum absolute atomic E-state index is 0.728. The summed E-state index contributed by atoms with van der Waals surface area (Å²) < 4.78 is 0. The van der Waals surface area contributed by atoms with Gasteiger partial charge in [0.05, 0.1) is 5.69 Å². The second-order valence-electron chi connectivity index (χ2n) is 6.23. The Kier molecular flexibility index (Phi) is 3.69. The zero-order valence-electron chi connectivity index (χ0n) is 12.0. The van der Waals surface area contributed by atoms with Crippen LogP contribution in [0.3, 0.4) is 0 Å². The Balaban J connectivity index is 1.58. The predicted molar refractivity (Wildman–Crippen MR) is 77.1 cm³/mol. The van der Waals surface area contributed by atoms with Crippen molar-refractivity contribution >= 4 is 5.82 Å². The number of nitrogens with zero attached hydrogens (tertiary/aromatic N) is 3. The Hall–Kier alpha value is -1.16. The lowest BCUT2D eigenvalue weighted by molar-refractivity contribution is 0.322. The van der Waals surface area contributed by atoms with Crippen LogP contribution in [0, 0.1) is 11.8 Å². The normalized spacial score (nSPS) is 27.6. The summed E-state index contributed by atoms with van der Waals surface area (Å²) in [4.78, 5) is 2.37. The van der Waals surface area contributed by atoms with Crippen LogP contribution in [-0.4, -0.2) is 29.3 Å². The Morgan fingerprint density at radius 1 is 1.16 bits per heavy atom. The fraction of sp³-hybridized carbons (Fsp3) is 0.733. The molecule has 2 atom stereocenters. The molecule has 1 saturated heterocycles. The Morgan fingerprint density at radius 3 is 2.63 bits per heavy atom. The third-order valence-electron chi connectivity index (χ3n) is 4.51. The molecule has 0 aromatic carbocycles. The molecule has 104 valence electrons. The topological polar surface area (TPSA) is 41.0 Å². The summed E-state index contributed by atoms with van der Waals surface area (Å²) in [6, 6.07) is 4.96. The van der Waals surface area contributed by atoms with Crippen LogP contribution in [0.15, 0.2) is 12.1 Å². The van der Waals surface area contributed by atoms with Gasteiger partial charge in [-0.05, 0) is 43.2 Å². The van der Waals surface area contributed by atoms with E-state index in [0.717, 1.165) is 49.0 Å². The van der Waals surface area contributed by atoms with Crippen LogP contribution in [0.4, 0.5) is 5.82 Å². The van der Waals surface area contributed by atoms with Gasteiger partial charge in [0.2, 0.25) is 0 Å². The van der Waals surface area contributed by atoms with Crippen molar-refractivity contribution in [1.82, 2.24) is 15.5 Å². The molecule has 2 fully saturated rings. The van der Waals surface area contributed by atoms with Gasteiger partial charge in [0.25, 0.3) is 0 Å². The molecule has 1 saturated carbocycles. The van der Waals surface area contributed by atoms with E-state index in [0.29, 0.717) is 0 Å². The summed E-state index contributed by atoms with van der Waals surface area (Å²) in [5.41, 5.74) is 1.05. The summed E-state index contributed by atoms with van der Waals surface area (Å²) >= 11 is 0. The quantitative estimate of drug-likeness (QED) is 0.901.